The molecule has 0 aromatic heterocycles. The summed E-state index contributed by atoms with van der Waals surface area (Å²) >= 11 is 0. The minimum absolute atomic E-state index is 0.0450. The first-order valence-electron chi connectivity index (χ1n) is 13.6. The third-order valence-corrected chi connectivity index (χ3v) is 8.55. The van der Waals surface area contributed by atoms with E-state index in [4.69, 9.17) is 0 Å². The molecule has 3 aromatic rings. The second-order valence-corrected chi connectivity index (χ2v) is 11.8. The summed E-state index contributed by atoms with van der Waals surface area (Å²) in [7, 11) is -2.20. The average molecular weight is 568 g/mol. The number of amides is 2. The summed E-state index contributed by atoms with van der Waals surface area (Å²) in [4.78, 5) is 28.8. The zero-order chi connectivity index (χ0) is 29.0. The van der Waals surface area contributed by atoms with Crippen LogP contribution in [0.25, 0.3) is 0 Å². The van der Waals surface area contributed by atoms with Gasteiger partial charge < -0.3 is 10.2 Å². The van der Waals surface area contributed by atoms with Gasteiger partial charge in [0.05, 0.1) is 4.90 Å². The van der Waals surface area contributed by atoms with Crippen molar-refractivity contribution in [2.45, 2.75) is 56.5 Å². The van der Waals surface area contributed by atoms with Gasteiger partial charge in [0, 0.05) is 39.5 Å². The molecule has 3 aromatic carbocycles. The molecule has 0 heterocycles. The molecule has 0 spiro atoms. The van der Waals surface area contributed by atoms with Crippen molar-refractivity contribution in [2.75, 3.05) is 20.1 Å². The van der Waals surface area contributed by atoms with Crippen LogP contribution in [0.15, 0.2) is 89.8 Å². The maximum Gasteiger partial charge on any atom is 0.243 e. The van der Waals surface area contributed by atoms with E-state index in [1.807, 2.05) is 37.3 Å². The molecule has 7 nitrogen and oxygen atoms in total. The van der Waals surface area contributed by atoms with Crippen LogP contribution in [0.4, 0.5) is 4.39 Å². The summed E-state index contributed by atoms with van der Waals surface area (Å²) < 4.78 is 40.6. The molecule has 0 radical (unpaired) electrons. The van der Waals surface area contributed by atoms with Crippen molar-refractivity contribution in [3.05, 3.63) is 102 Å². The highest BCUT2D eigenvalue weighted by molar-refractivity contribution is 7.89. The van der Waals surface area contributed by atoms with Gasteiger partial charge in [-0.2, -0.15) is 0 Å². The van der Waals surface area contributed by atoms with E-state index in [1.54, 1.807) is 30.3 Å². The number of nitrogens with one attached hydrogen (secondary N) is 1. The molecule has 2 amide bonds. The minimum atomic E-state index is -3.68. The number of nitrogens with zero attached hydrogens (tertiary/aromatic N) is 2. The summed E-state index contributed by atoms with van der Waals surface area (Å²) in [5.41, 5.74) is 1.60. The normalized spacial score (nSPS) is 12.2. The largest absolute Gasteiger partial charge is 0.354 e. The van der Waals surface area contributed by atoms with E-state index in [-0.39, 0.29) is 48.5 Å². The molecule has 0 aliphatic carbocycles. The first-order valence-corrected chi connectivity index (χ1v) is 15.0. The van der Waals surface area contributed by atoms with Crippen LogP contribution in [0.2, 0.25) is 0 Å². The summed E-state index contributed by atoms with van der Waals surface area (Å²) in [6.45, 7) is 2.80. The van der Waals surface area contributed by atoms with Crippen LogP contribution in [-0.2, 0) is 32.6 Å². The molecule has 0 saturated carbocycles. The molecule has 3 rings (SSSR count). The Hall–Kier alpha value is -3.56. The fourth-order valence-corrected chi connectivity index (χ4v) is 5.57. The van der Waals surface area contributed by atoms with Gasteiger partial charge in [-0.1, -0.05) is 74.0 Å². The van der Waals surface area contributed by atoms with E-state index in [1.165, 1.54) is 40.5 Å². The van der Waals surface area contributed by atoms with Gasteiger partial charge in [0.2, 0.25) is 21.8 Å². The summed E-state index contributed by atoms with van der Waals surface area (Å²) in [6.07, 6.45) is 2.37. The number of unbranched alkanes of at least 4 members (excludes halogenated alkanes) is 1. The van der Waals surface area contributed by atoms with Gasteiger partial charge in [0.1, 0.15) is 11.9 Å². The van der Waals surface area contributed by atoms with Crippen LogP contribution in [0.3, 0.4) is 0 Å². The molecule has 9 heteroatoms. The predicted octanol–water partition coefficient (Wildman–Crippen LogP) is 4.78. The lowest BCUT2D eigenvalue weighted by Crippen LogP contribution is -2.50. The third kappa shape index (κ3) is 8.99. The summed E-state index contributed by atoms with van der Waals surface area (Å²) in [6, 6.07) is 22.7. The Kier molecular flexibility index (Phi) is 11.8. The van der Waals surface area contributed by atoms with Crippen LogP contribution >= 0.6 is 0 Å². The molecule has 1 atom stereocenters. The SMILES string of the molecule is CCCCNC(=O)[C@H](Cc1ccccc1)N(Cc1ccc(F)cc1)C(=O)CCCN(C)S(=O)(=O)c1ccccc1. The average Bonchev–Trinajstić information content (AvgIpc) is 2.96. The highest BCUT2D eigenvalue weighted by Gasteiger charge is 2.30. The molecular weight excluding hydrogens is 529 g/mol. The highest BCUT2D eigenvalue weighted by Crippen LogP contribution is 2.18. The molecule has 0 fully saturated rings. The Labute approximate surface area is 237 Å². The first kappa shape index (κ1) is 31.0. The molecule has 0 unspecified atom stereocenters. The van der Waals surface area contributed by atoms with Gasteiger partial charge >= 0.3 is 0 Å². The number of rotatable bonds is 15. The van der Waals surface area contributed by atoms with E-state index >= 15 is 0 Å². The number of carbonyl (C=O) groups excluding carboxylic acids is 2. The maximum absolute atomic E-state index is 13.7. The van der Waals surface area contributed by atoms with Crippen molar-refractivity contribution < 1.29 is 22.4 Å². The lowest BCUT2D eigenvalue weighted by molar-refractivity contribution is -0.141. The molecule has 0 aliphatic heterocycles. The maximum atomic E-state index is 13.7. The van der Waals surface area contributed by atoms with Gasteiger partial charge in [-0.3, -0.25) is 9.59 Å². The quantitative estimate of drug-likeness (QED) is 0.268. The zero-order valence-electron chi connectivity index (χ0n) is 23.1. The molecule has 0 aliphatic rings. The Balaban J connectivity index is 1.80. The van der Waals surface area contributed by atoms with Crippen molar-refractivity contribution in [1.29, 1.82) is 0 Å². The standard InChI is InChI=1S/C31H38FN3O4S/c1-3-4-21-33-31(37)29(23-25-12-7-5-8-13-25)35(24-26-17-19-27(32)20-18-26)30(36)16-11-22-34(2)40(38,39)28-14-9-6-10-15-28/h5-10,12-15,17-20,29H,3-4,11,16,21-24H2,1-2H3,(H,33,37)/t29-/m0/s1. The monoisotopic (exact) mass is 567 g/mol. The van der Waals surface area contributed by atoms with Crippen molar-refractivity contribution >= 4 is 21.8 Å². The van der Waals surface area contributed by atoms with Crippen molar-refractivity contribution in [3.63, 3.8) is 0 Å². The van der Waals surface area contributed by atoms with Gasteiger partial charge in [0.15, 0.2) is 0 Å². The number of carbonyl (C=O) groups is 2. The number of hydrogen-bond acceptors (Lipinski definition) is 4. The molecule has 0 bridgehead atoms. The fraction of sp³-hybridized carbons (Fsp3) is 0.355. The molecule has 40 heavy (non-hydrogen) atoms. The van der Waals surface area contributed by atoms with Gasteiger partial charge in [-0.15, -0.1) is 0 Å². The minimum Gasteiger partial charge on any atom is -0.354 e. The Morgan fingerprint density at radius 1 is 0.875 bits per heavy atom. The Morgan fingerprint density at radius 2 is 1.50 bits per heavy atom. The fourth-order valence-electron chi connectivity index (χ4n) is 4.34. The lowest BCUT2D eigenvalue weighted by Gasteiger charge is -2.32. The first-order chi connectivity index (χ1) is 19.2. The molecule has 1 N–H and O–H groups in total. The lowest BCUT2D eigenvalue weighted by atomic mass is 10.0. The van der Waals surface area contributed by atoms with E-state index in [9.17, 15) is 22.4 Å². The summed E-state index contributed by atoms with van der Waals surface area (Å²) in [5.74, 6) is -0.916. The van der Waals surface area contributed by atoms with Gasteiger partial charge in [-0.05, 0) is 48.2 Å². The van der Waals surface area contributed by atoms with E-state index < -0.39 is 16.1 Å². The van der Waals surface area contributed by atoms with Crippen molar-refractivity contribution in [1.82, 2.24) is 14.5 Å². The second kappa shape index (κ2) is 15.3. The van der Waals surface area contributed by atoms with Gasteiger partial charge in [-0.25, -0.2) is 17.1 Å². The molecule has 214 valence electrons. The Morgan fingerprint density at radius 3 is 2.12 bits per heavy atom. The van der Waals surface area contributed by atoms with Crippen molar-refractivity contribution in [3.8, 4) is 0 Å². The second-order valence-electron chi connectivity index (χ2n) is 9.74. The van der Waals surface area contributed by atoms with Crippen molar-refractivity contribution in [2.24, 2.45) is 0 Å². The summed E-state index contributed by atoms with van der Waals surface area (Å²) in [5, 5.41) is 2.97. The molecular formula is C31H38FN3O4S. The topological polar surface area (TPSA) is 86.8 Å². The molecule has 0 saturated heterocycles. The van der Waals surface area contributed by atoms with Crippen LogP contribution < -0.4 is 5.32 Å². The van der Waals surface area contributed by atoms with Crippen LogP contribution in [-0.4, -0.2) is 55.6 Å². The van der Waals surface area contributed by atoms with E-state index in [2.05, 4.69) is 5.32 Å². The Bertz CT molecular complexity index is 1320. The highest BCUT2D eigenvalue weighted by atomic mass is 32.2. The van der Waals surface area contributed by atoms with Crippen LogP contribution in [0.5, 0.6) is 0 Å². The zero-order valence-corrected chi connectivity index (χ0v) is 23.9. The van der Waals surface area contributed by atoms with E-state index in [0.717, 1.165) is 18.4 Å². The predicted molar refractivity (Wildman–Crippen MR) is 154 cm³/mol. The van der Waals surface area contributed by atoms with Gasteiger partial charge in [0.25, 0.3) is 0 Å². The smallest absolute Gasteiger partial charge is 0.243 e. The third-order valence-electron chi connectivity index (χ3n) is 6.68. The number of hydrogen-bond donors (Lipinski definition) is 1. The number of halogens is 1. The van der Waals surface area contributed by atoms with E-state index in [0.29, 0.717) is 18.5 Å². The van der Waals surface area contributed by atoms with Crippen LogP contribution in [0.1, 0.15) is 43.7 Å². The number of sulfonamides is 1. The number of benzene rings is 3. The van der Waals surface area contributed by atoms with Crippen LogP contribution in [0, 0.1) is 5.82 Å².